The van der Waals surface area contributed by atoms with Gasteiger partial charge >= 0.3 is 0 Å². The topological polar surface area (TPSA) is 74.7 Å². The van der Waals surface area contributed by atoms with Crippen LogP contribution in [-0.4, -0.2) is 36.8 Å². The molecule has 0 radical (unpaired) electrons. The van der Waals surface area contributed by atoms with Crippen molar-refractivity contribution in [3.63, 3.8) is 0 Å². The van der Waals surface area contributed by atoms with E-state index in [9.17, 15) is 18.3 Å². The predicted octanol–water partition coefficient (Wildman–Crippen LogP) is 1.91. The minimum atomic E-state index is -3.86. The highest BCUT2D eigenvalue weighted by molar-refractivity contribution is 7.89. The third-order valence-corrected chi connectivity index (χ3v) is 5.48. The Hall–Kier alpha value is -2.44. The average molecular weight is 329 g/mol. The average Bonchev–Trinajstić information content (AvgIpc) is 2.57. The number of nitrogens with zero attached hydrogens (tertiary/aromatic N) is 1. The number of carbonyl (C=O) groups is 1. The normalized spacial score (nSPS) is 18.0. The Morgan fingerprint density at radius 1 is 1.00 bits per heavy atom. The quantitative estimate of drug-likeness (QED) is 0.873. The van der Waals surface area contributed by atoms with Gasteiger partial charge in [-0.25, -0.2) is 8.42 Å². The summed E-state index contributed by atoms with van der Waals surface area (Å²) in [6.07, 6.45) is 1.53. The maximum absolute atomic E-state index is 12.8. The fraction of sp³-hybridized carbons (Fsp3) is 0.118. The van der Waals surface area contributed by atoms with Crippen molar-refractivity contribution in [3.05, 3.63) is 71.4 Å². The summed E-state index contributed by atoms with van der Waals surface area (Å²) in [5.41, 5.74) is 0.918. The van der Waals surface area contributed by atoms with E-state index < -0.39 is 10.0 Å². The van der Waals surface area contributed by atoms with E-state index in [1.54, 1.807) is 36.4 Å². The molecule has 0 unspecified atom stereocenters. The molecule has 0 amide bonds. The van der Waals surface area contributed by atoms with Crippen LogP contribution in [0, 0.1) is 0 Å². The molecule has 0 bridgehead atoms. The lowest BCUT2D eigenvalue weighted by molar-refractivity contribution is 0.0998. The fourth-order valence-corrected chi connectivity index (χ4v) is 4.20. The SMILES string of the molecule is O=C1/C(=C\c2ccccc2)N(CCO)S(=O)(=O)c2ccccc21. The highest BCUT2D eigenvalue weighted by Crippen LogP contribution is 2.32. The number of fused-ring (bicyclic) bond motifs is 1. The van der Waals surface area contributed by atoms with Crippen LogP contribution in [0.25, 0.3) is 6.08 Å². The van der Waals surface area contributed by atoms with E-state index in [0.717, 1.165) is 4.31 Å². The molecule has 1 aliphatic heterocycles. The van der Waals surface area contributed by atoms with Crippen molar-refractivity contribution in [2.24, 2.45) is 0 Å². The molecule has 1 N–H and O–H groups in total. The zero-order chi connectivity index (χ0) is 16.4. The number of benzene rings is 2. The van der Waals surface area contributed by atoms with Crippen LogP contribution >= 0.6 is 0 Å². The van der Waals surface area contributed by atoms with Crippen LogP contribution in [0.3, 0.4) is 0 Å². The third-order valence-electron chi connectivity index (χ3n) is 3.61. The Balaban J connectivity index is 2.23. The molecule has 0 saturated carbocycles. The van der Waals surface area contributed by atoms with Gasteiger partial charge in [0.1, 0.15) is 5.70 Å². The molecule has 1 aliphatic rings. The van der Waals surface area contributed by atoms with Gasteiger partial charge in [0.2, 0.25) is 5.78 Å². The molecule has 3 rings (SSSR count). The van der Waals surface area contributed by atoms with Gasteiger partial charge in [0, 0.05) is 5.56 Å². The van der Waals surface area contributed by atoms with Gasteiger partial charge in [0.05, 0.1) is 18.0 Å². The van der Waals surface area contributed by atoms with Gasteiger partial charge in [0.25, 0.3) is 10.0 Å². The molecular formula is C17H15NO4S. The molecule has 1 heterocycles. The molecule has 5 nitrogen and oxygen atoms in total. The number of Topliss-reactive ketones (excluding diaryl/α,β-unsaturated/α-hetero) is 1. The number of sulfonamides is 1. The first-order valence-electron chi connectivity index (χ1n) is 7.10. The molecule has 0 aliphatic carbocycles. The molecule has 2 aromatic rings. The zero-order valence-corrected chi connectivity index (χ0v) is 13.0. The van der Waals surface area contributed by atoms with E-state index >= 15 is 0 Å². The second-order valence-corrected chi connectivity index (χ2v) is 6.90. The molecule has 0 atom stereocenters. The lowest BCUT2D eigenvalue weighted by atomic mass is 10.1. The van der Waals surface area contributed by atoms with E-state index in [1.807, 2.05) is 6.07 Å². The number of β-amino-alcohol motifs (C(OH)–C–C–N with tert-alkyl or cyclic N) is 1. The minimum Gasteiger partial charge on any atom is -0.394 e. The Morgan fingerprint density at radius 3 is 2.35 bits per heavy atom. The number of carbonyl (C=O) groups excluding carboxylic acids is 1. The number of ketones is 1. The summed E-state index contributed by atoms with van der Waals surface area (Å²) in [6.45, 7) is -0.540. The Morgan fingerprint density at radius 2 is 1.65 bits per heavy atom. The maximum atomic E-state index is 12.8. The number of aliphatic hydroxyl groups is 1. The van der Waals surface area contributed by atoms with E-state index in [0.29, 0.717) is 5.56 Å². The smallest absolute Gasteiger partial charge is 0.265 e. The number of allylic oxidation sites excluding steroid dienone is 1. The van der Waals surface area contributed by atoms with Crippen molar-refractivity contribution in [1.29, 1.82) is 0 Å². The lowest BCUT2D eigenvalue weighted by Gasteiger charge is -2.30. The first-order chi connectivity index (χ1) is 11.1. The molecule has 6 heteroatoms. The predicted molar refractivity (Wildman–Crippen MR) is 86.2 cm³/mol. The first-order valence-corrected chi connectivity index (χ1v) is 8.54. The summed E-state index contributed by atoms with van der Waals surface area (Å²) in [5.74, 6) is -0.368. The van der Waals surface area contributed by atoms with Crippen molar-refractivity contribution < 1.29 is 18.3 Å². The number of aliphatic hydroxyl groups excluding tert-OH is 1. The summed E-state index contributed by atoms with van der Waals surface area (Å²) in [6, 6.07) is 15.1. The zero-order valence-electron chi connectivity index (χ0n) is 12.2. The molecule has 118 valence electrons. The highest BCUT2D eigenvalue weighted by atomic mass is 32.2. The van der Waals surface area contributed by atoms with E-state index in [2.05, 4.69) is 0 Å². The van der Waals surface area contributed by atoms with Crippen LogP contribution < -0.4 is 0 Å². The first kappa shape index (κ1) is 15.5. The van der Waals surface area contributed by atoms with E-state index in [4.69, 9.17) is 0 Å². The summed E-state index contributed by atoms with van der Waals surface area (Å²) in [4.78, 5) is 12.7. The summed E-state index contributed by atoms with van der Waals surface area (Å²) < 4.78 is 26.5. The monoisotopic (exact) mass is 329 g/mol. The van der Waals surface area contributed by atoms with E-state index in [1.165, 1.54) is 18.2 Å². The summed E-state index contributed by atoms with van der Waals surface area (Å²) in [7, 11) is -3.86. The summed E-state index contributed by atoms with van der Waals surface area (Å²) >= 11 is 0. The number of hydrogen-bond donors (Lipinski definition) is 1. The van der Waals surface area contributed by atoms with E-state index in [-0.39, 0.29) is 35.1 Å². The van der Waals surface area contributed by atoms with Gasteiger partial charge in [-0.15, -0.1) is 0 Å². The van der Waals surface area contributed by atoms with Crippen LogP contribution in [0.5, 0.6) is 0 Å². The van der Waals surface area contributed by atoms with Gasteiger partial charge < -0.3 is 5.11 Å². The van der Waals surface area contributed by atoms with Crippen molar-refractivity contribution in [2.45, 2.75) is 4.90 Å². The van der Waals surface area contributed by atoms with Crippen LogP contribution in [-0.2, 0) is 10.0 Å². The Bertz CT molecular complexity index is 872. The van der Waals surface area contributed by atoms with Crippen molar-refractivity contribution in [3.8, 4) is 0 Å². The second kappa shape index (κ2) is 5.98. The fourth-order valence-electron chi connectivity index (χ4n) is 2.55. The maximum Gasteiger partial charge on any atom is 0.265 e. The van der Waals surface area contributed by atoms with Crippen LogP contribution in [0.1, 0.15) is 15.9 Å². The lowest BCUT2D eigenvalue weighted by Crippen LogP contribution is -2.40. The molecule has 0 fully saturated rings. The van der Waals surface area contributed by atoms with Crippen molar-refractivity contribution in [2.75, 3.05) is 13.2 Å². The number of hydrogen-bond acceptors (Lipinski definition) is 4. The van der Waals surface area contributed by atoms with Crippen LogP contribution in [0.15, 0.2) is 65.2 Å². The van der Waals surface area contributed by atoms with Gasteiger partial charge in [-0.05, 0) is 23.8 Å². The molecule has 2 aromatic carbocycles. The van der Waals surface area contributed by atoms with Gasteiger partial charge in [-0.2, -0.15) is 0 Å². The Labute approximate surface area is 134 Å². The Kier molecular flexibility index (Phi) is 4.02. The third kappa shape index (κ3) is 2.67. The number of rotatable bonds is 3. The van der Waals surface area contributed by atoms with Crippen molar-refractivity contribution >= 4 is 21.9 Å². The van der Waals surface area contributed by atoms with Gasteiger partial charge in [-0.3, -0.25) is 9.10 Å². The van der Waals surface area contributed by atoms with Gasteiger partial charge in [0.15, 0.2) is 0 Å². The second-order valence-electron chi connectivity index (χ2n) is 5.07. The largest absolute Gasteiger partial charge is 0.394 e. The molecule has 0 spiro atoms. The standard InChI is InChI=1S/C17H15NO4S/c19-11-10-18-15(12-13-6-2-1-3-7-13)17(20)14-8-4-5-9-16(14)23(18,21)22/h1-9,12,19H,10-11H2/b15-12+. The van der Waals surface area contributed by atoms with Crippen molar-refractivity contribution in [1.82, 2.24) is 4.31 Å². The summed E-state index contributed by atoms with van der Waals surface area (Å²) in [5, 5.41) is 9.22. The molecular weight excluding hydrogens is 314 g/mol. The minimum absolute atomic E-state index is 0.0244. The van der Waals surface area contributed by atoms with Crippen LogP contribution in [0.2, 0.25) is 0 Å². The van der Waals surface area contributed by atoms with Crippen LogP contribution in [0.4, 0.5) is 0 Å². The molecule has 0 aromatic heterocycles. The highest BCUT2D eigenvalue weighted by Gasteiger charge is 2.38. The van der Waals surface area contributed by atoms with Gasteiger partial charge in [-0.1, -0.05) is 42.5 Å². The molecule has 23 heavy (non-hydrogen) atoms. The molecule has 0 saturated heterocycles.